The number of methoxy groups -OCH3 is 1. The third kappa shape index (κ3) is 5.03. The molecule has 3 heterocycles. The summed E-state index contributed by atoms with van der Waals surface area (Å²) in [6, 6.07) is 16.2. The highest BCUT2D eigenvalue weighted by Crippen LogP contribution is 2.28. The quantitative estimate of drug-likeness (QED) is 0.309. The maximum Gasteiger partial charge on any atom is 0.251 e. The third-order valence-corrected chi connectivity index (χ3v) is 6.60. The van der Waals surface area contributed by atoms with E-state index in [2.05, 4.69) is 20.4 Å². The molecule has 0 aliphatic heterocycles. The van der Waals surface area contributed by atoms with Crippen molar-refractivity contribution in [2.24, 2.45) is 0 Å². The van der Waals surface area contributed by atoms with Crippen molar-refractivity contribution in [1.29, 1.82) is 0 Å². The fourth-order valence-electron chi connectivity index (χ4n) is 4.18. The summed E-state index contributed by atoms with van der Waals surface area (Å²) in [6.45, 7) is 2.63. The second-order valence-electron chi connectivity index (χ2n) is 8.55. The van der Waals surface area contributed by atoms with E-state index in [1.165, 1.54) is 19.5 Å². The number of hydrogen-bond acceptors (Lipinski definition) is 6. The van der Waals surface area contributed by atoms with E-state index in [1.54, 1.807) is 33.6 Å². The Labute approximate surface area is 217 Å². The van der Waals surface area contributed by atoms with Gasteiger partial charge in [-0.2, -0.15) is 5.10 Å². The van der Waals surface area contributed by atoms with E-state index < -0.39 is 5.82 Å². The van der Waals surface area contributed by atoms with Crippen LogP contribution in [0.5, 0.6) is 5.75 Å². The van der Waals surface area contributed by atoms with Gasteiger partial charge in [-0.15, -0.1) is 0 Å². The number of nitrogens with one attached hydrogen (secondary N) is 1. The molecule has 0 amide bonds. The number of anilines is 1. The maximum absolute atomic E-state index is 14.7. The summed E-state index contributed by atoms with van der Waals surface area (Å²) in [7, 11) is 1.41. The fraction of sp³-hybridized carbons (Fsp3) is 0.185. The largest absolute Gasteiger partial charge is 0.494 e. The lowest BCUT2D eigenvalue weighted by Gasteiger charge is -2.15. The lowest BCUT2D eigenvalue weighted by atomic mass is 10.1. The van der Waals surface area contributed by atoms with E-state index in [1.807, 2.05) is 43.5 Å². The highest BCUT2D eigenvalue weighted by Gasteiger charge is 2.15. The minimum Gasteiger partial charge on any atom is -0.494 e. The Bertz CT molecular complexity index is 1620. The number of benzene rings is 2. The molecule has 0 aliphatic rings. The third-order valence-electron chi connectivity index (χ3n) is 6.24. The van der Waals surface area contributed by atoms with E-state index in [9.17, 15) is 9.18 Å². The normalized spacial score (nSPS) is 12.0. The van der Waals surface area contributed by atoms with Crippen molar-refractivity contribution in [2.75, 3.05) is 12.4 Å². The van der Waals surface area contributed by atoms with Crippen molar-refractivity contribution in [2.45, 2.75) is 26.1 Å². The lowest BCUT2D eigenvalue weighted by molar-refractivity contribution is 0.384. The number of hydrogen-bond donors (Lipinski definition) is 1. The van der Waals surface area contributed by atoms with Crippen molar-refractivity contribution >= 4 is 28.5 Å². The number of fused-ring (bicyclic) bond motifs is 1. The van der Waals surface area contributed by atoms with Gasteiger partial charge in [0, 0.05) is 35.6 Å². The average Bonchev–Trinajstić information content (AvgIpc) is 3.32. The molecule has 0 aliphatic carbocycles. The zero-order valence-electron chi connectivity index (χ0n) is 20.2. The van der Waals surface area contributed by atoms with Crippen LogP contribution >= 0.6 is 11.6 Å². The van der Waals surface area contributed by atoms with Gasteiger partial charge in [0.25, 0.3) is 5.56 Å². The minimum atomic E-state index is -0.515. The Balaban J connectivity index is 1.33. The van der Waals surface area contributed by atoms with Crippen LogP contribution < -0.4 is 15.6 Å². The zero-order valence-corrected chi connectivity index (χ0v) is 21.0. The summed E-state index contributed by atoms with van der Waals surface area (Å²) in [5.41, 5.74) is 2.83. The molecule has 3 aromatic heterocycles. The van der Waals surface area contributed by atoms with Crippen molar-refractivity contribution in [3.8, 4) is 5.75 Å². The predicted molar refractivity (Wildman–Crippen MR) is 141 cm³/mol. The van der Waals surface area contributed by atoms with Crippen LogP contribution in [0, 0.1) is 5.82 Å². The zero-order chi connectivity index (χ0) is 25.9. The second-order valence-corrected chi connectivity index (χ2v) is 8.95. The van der Waals surface area contributed by atoms with E-state index >= 15 is 0 Å². The van der Waals surface area contributed by atoms with Gasteiger partial charge < -0.3 is 14.6 Å². The van der Waals surface area contributed by atoms with Gasteiger partial charge in [-0.25, -0.2) is 14.4 Å². The molecule has 0 bridgehead atoms. The fourth-order valence-corrected chi connectivity index (χ4v) is 4.40. The molecule has 188 valence electrons. The first-order valence-electron chi connectivity index (χ1n) is 11.6. The smallest absolute Gasteiger partial charge is 0.251 e. The minimum absolute atomic E-state index is 0.0377. The van der Waals surface area contributed by atoms with Gasteiger partial charge >= 0.3 is 0 Å². The SMILES string of the molecule is COc1ccc(Cl)c(CNc2ncnc3nn(Cc4ccc(C(C)n5ccccc5=O)cc4)cc23)c1F. The monoisotopic (exact) mass is 518 g/mol. The van der Waals surface area contributed by atoms with Crippen molar-refractivity contribution in [3.63, 3.8) is 0 Å². The summed E-state index contributed by atoms with van der Waals surface area (Å²) < 4.78 is 23.2. The molecule has 1 unspecified atom stereocenters. The van der Waals surface area contributed by atoms with Crippen molar-refractivity contribution in [1.82, 2.24) is 24.3 Å². The Morgan fingerprint density at radius 1 is 1.11 bits per heavy atom. The van der Waals surface area contributed by atoms with E-state index in [0.717, 1.165) is 11.1 Å². The van der Waals surface area contributed by atoms with Crippen molar-refractivity contribution in [3.05, 3.63) is 111 Å². The molecule has 10 heteroatoms. The van der Waals surface area contributed by atoms with Crippen LogP contribution in [0.1, 0.15) is 29.7 Å². The number of pyridine rings is 1. The van der Waals surface area contributed by atoms with E-state index in [0.29, 0.717) is 28.4 Å². The summed E-state index contributed by atoms with van der Waals surface area (Å²) in [4.78, 5) is 20.7. The summed E-state index contributed by atoms with van der Waals surface area (Å²) >= 11 is 6.21. The molecule has 8 nitrogen and oxygen atoms in total. The van der Waals surface area contributed by atoms with Crippen LogP contribution in [0.25, 0.3) is 11.0 Å². The van der Waals surface area contributed by atoms with Gasteiger partial charge in [0.15, 0.2) is 17.2 Å². The molecule has 5 aromatic rings. The second kappa shape index (κ2) is 10.4. The highest BCUT2D eigenvalue weighted by molar-refractivity contribution is 6.31. The number of nitrogens with zero attached hydrogens (tertiary/aromatic N) is 5. The van der Waals surface area contributed by atoms with E-state index in [-0.39, 0.29) is 29.5 Å². The number of ether oxygens (including phenoxy) is 1. The van der Waals surface area contributed by atoms with Gasteiger partial charge in [-0.05, 0) is 36.2 Å². The molecule has 0 spiro atoms. The Morgan fingerprint density at radius 3 is 2.68 bits per heavy atom. The molecule has 0 fully saturated rings. The summed E-state index contributed by atoms with van der Waals surface area (Å²) in [5, 5.41) is 8.70. The Morgan fingerprint density at radius 2 is 1.92 bits per heavy atom. The lowest BCUT2D eigenvalue weighted by Crippen LogP contribution is -2.22. The van der Waals surface area contributed by atoms with Crippen LogP contribution in [-0.2, 0) is 13.1 Å². The van der Waals surface area contributed by atoms with Crippen LogP contribution in [0.4, 0.5) is 10.2 Å². The molecule has 0 saturated carbocycles. The molecule has 2 aromatic carbocycles. The van der Waals surface area contributed by atoms with Gasteiger partial charge in [-0.1, -0.05) is 41.9 Å². The molecule has 0 saturated heterocycles. The standard InChI is InChI=1S/C27H24ClFN6O2/c1-17(35-12-4-3-5-24(35)36)19-8-6-18(7-9-19)14-34-15-21-26(31-16-32-27(21)33-34)30-13-20-22(28)10-11-23(37-2)25(20)29/h3-12,15-17H,13-14H2,1-2H3,(H,30,31,32,33). The van der Waals surface area contributed by atoms with Gasteiger partial charge in [-0.3, -0.25) is 9.48 Å². The van der Waals surface area contributed by atoms with Gasteiger partial charge in [0.2, 0.25) is 0 Å². The molecule has 0 radical (unpaired) electrons. The first kappa shape index (κ1) is 24.5. The Kier molecular flexibility index (Phi) is 6.87. The predicted octanol–water partition coefficient (Wildman–Crippen LogP) is 5.06. The first-order valence-corrected chi connectivity index (χ1v) is 12.0. The van der Waals surface area contributed by atoms with Gasteiger partial charge in [0.1, 0.15) is 12.1 Å². The average molecular weight is 519 g/mol. The number of halogens is 2. The first-order chi connectivity index (χ1) is 17.9. The molecular formula is C27H24ClFN6O2. The van der Waals surface area contributed by atoms with E-state index in [4.69, 9.17) is 16.3 Å². The van der Waals surface area contributed by atoms with Crippen LogP contribution in [-0.4, -0.2) is 31.4 Å². The van der Waals surface area contributed by atoms with Crippen LogP contribution in [0.2, 0.25) is 5.02 Å². The number of rotatable bonds is 8. The topological polar surface area (TPSA) is 86.9 Å². The highest BCUT2D eigenvalue weighted by atomic mass is 35.5. The number of aromatic nitrogens is 5. The van der Waals surface area contributed by atoms with Gasteiger partial charge in [0.05, 0.1) is 25.1 Å². The summed E-state index contributed by atoms with van der Waals surface area (Å²) in [6.07, 6.45) is 5.05. The van der Waals surface area contributed by atoms with Crippen molar-refractivity contribution < 1.29 is 9.13 Å². The summed E-state index contributed by atoms with van der Waals surface area (Å²) in [5.74, 6) is 0.128. The molecule has 5 rings (SSSR count). The maximum atomic E-state index is 14.7. The molecule has 1 N–H and O–H groups in total. The Hall–Kier alpha value is -4.24. The van der Waals surface area contributed by atoms with Crippen LogP contribution in [0.15, 0.2) is 78.1 Å². The molecular weight excluding hydrogens is 495 g/mol. The van der Waals surface area contributed by atoms with Crippen LogP contribution in [0.3, 0.4) is 0 Å². The molecule has 1 atom stereocenters. The molecule has 37 heavy (non-hydrogen) atoms.